The molecule has 0 bridgehead atoms. The number of fused-ring (bicyclic) bond motifs is 1. The molecule has 0 aliphatic rings. The molecule has 6 heteroatoms. The lowest BCUT2D eigenvalue weighted by Crippen LogP contribution is -2.13. The van der Waals surface area contributed by atoms with Crippen LogP contribution in [-0.2, 0) is 11.8 Å². The second-order valence-electron chi connectivity index (χ2n) is 6.13. The van der Waals surface area contributed by atoms with Gasteiger partial charge in [-0.25, -0.2) is 0 Å². The number of carbonyl (C=O) groups excluding carboxylic acids is 1. The molecular formula is C20H22N2O2S2. The molecular weight excluding hydrogens is 364 g/mol. The van der Waals surface area contributed by atoms with E-state index in [1.807, 2.05) is 35.9 Å². The average molecular weight is 387 g/mol. The fraction of sp³-hybridized carbons (Fsp3) is 0.300. The Bertz CT molecular complexity index is 1000. The summed E-state index contributed by atoms with van der Waals surface area (Å²) in [7, 11) is 3.62. The molecule has 0 N–H and O–H groups in total. The van der Waals surface area contributed by atoms with Crippen LogP contribution in [0.3, 0.4) is 0 Å². The van der Waals surface area contributed by atoms with Gasteiger partial charge in [-0.1, -0.05) is 11.3 Å². The van der Waals surface area contributed by atoms with Crippen LogP contribution >= 0.6 is 23.1 Å². The van der Waals surface area contributed by atoms with Gasteiger partial charge in [0.05, 0.1) is 17.3 Å². The third-order valence-corrected chi connectivity index (χ3v) is 6.40. The lowest BCUT2D eigenvalue weighted by molar-refractivity contribution is -0.117. The van der Waals surface area contributed by atoms with Gasteiger partial charge in [-0.2, -0.15) is 4.99 Å². The zero-order chi connectivity index (χ0) is 18.7. The third-order valence-electron chi connectivity index (χ3n) is 4.29. The summed E-state index contributed by atoms with van der Waals surface area (Å²) in [5, 5.41) is 0. The van der Waals surface area contributed by atoms with E-state index in [1.54, 1.807) is 30.2 Å². The largest absolute Gasteiger partial charge is 0.497 e. The summed E-state index contributed by atoms with van der Waals surface area (Å²) in [6.45, 7) is 4.21. The summed E-state index contributed by atoms with van der Waals surface area (Å²) in [5.74, 6) is 1.46. The highest BCUT2D eigenvalue weighted by molar-refractivity contribution is 7.99. The zero-order valence-electron chi connectivity index (χ0n) is 15.4. The Morgan fingerprint density at radius 1 is 1.19 bits per heavy atom. The fourth-order valence-electron chi connectivity index (χ4n) is 2.58. The second-order valence-corrected chi connectivity index (χ2v) is 8.30. The second kappa shape index (κ2) is 8.10. The van der Waals surface area contributed by atoms with Crippen LogP contribution in [0.2, 0.25) is 0 Å². The first-order valence-electron chi connectivity index (χ1n) is 8.39. The molecule has 136 valence electrons. The van der Waals surface area contributed by atoms with E-state index in [-0.39, 0.29) is 5.91 Å². The summed E-state index contributed by atoms with van der Waals surface area (Å²) in [6, 6.07) is 12.2. The predicted octanol–water partition coefficient (Wildman–Crippen LogP) is 4.47. The number of ether oxygens (including phenoxy) is 1. The van der Waals surface area contributed by atoms with E-state index in [1.165, 1.54) is 11.1 Å². The van der Waals surface area contributed by atoms with Crippen LogP contribution in [0.1, 0.15) is 17.5 Å². The highest BCUT2D eigenvalue weighted by atomic mass is 32.2. The van der Waals surface area contributed by atoms with Crippen LogP contribution in [0.5, 0.6) is 5.75 Å². The number of aromatic nitrogens is 1. The van der Waals surface area contributed by atoms with Crippen molar-refractivity contribution in [2.45, 2.75) is 25.2 Å². The number of hydrogen-bond acceptors (Lipinski definition) is 4. The molecule has 3 rings (SSSR count). The molecule has 0 atom stereocenters. The number of aryl methyl sites for hydroxylation is 3. The Morgan fingerprint density at radius 2 is 1.88 bits per heavy atom. The van der Waals surface area contributed by atoms with Crippen molar-refractivity contribution >= 4 is 39.2 Å². The molecule has 0 spiro atoms. The van der Waals surface area contributed by atoms with Gasteiger partial charge in [0.15, 0.2) is 4.80 Å². The van der Waals surface area contributed by atoms with Crippen molar-refractivity contribution in [2.75, 3.05) is 12.9 Å². The first-order valence-corrected chi connectivity index (χ1v) is 10.2. The molecule has 0 aliphatic heterocycles. The number of nitrogens with zero attached hydrogens (tertiary/aromatic N) is 2. The summed E-state index contributed by atoms with van der Waals surface area (Å²) >= 11 is 3.22. The normalized spacial score (nSPS) is 11.9. The Kier molecular flexibility index (Phi) is 5.84. The first-order chi connectivity index (χ1) is 12.5. The Balaban J connectivity index is 1.68. The molecule has 1 aromatic heterocycles. The van der Waals surface area contributed by atoms with Crippen molar-refractivity contribution in [2.24, 2.45) is 12.0 Å². The van der Waals surface area contributed by atoms with Crippen LogP contribution in [0.25, 0.3) is 10.2 Å². The van der Waals surface area contributed by atoms with Crippen molar-refractivity contribution in [3.8, 4) is 5.75 Å². The maximum absolute atomic E-state index is 12.3. The van der Waals surface area contributed by atoms with Gasteiger partial charge in [0.25, 0.3) is 0 Å². The number of thiazole rings is 1. The van der Waals surface area contributed by atoms with E-state index >= 15 is 0 Å². The number of carbonyl (C=O) groups is 1. The van der Waals surface area contributed by atoms with Crippen LogP contribution in [0.15, 0.2) is 46.3 Å². The van der Waals surface area contributed by atoms with E-state index in [0.29, 0.717) is 12.2 Å². The fourth-order valence-corrected chi connectivity index (χ4v) is 4.53. The quantitative estimate of drug-likeness (QED) is 0.608. The maximum atomic E-state index is 12.3. The standard InChI is InChI=1S/C20H22N2O2S2/c1-13-11-17-18(12-14(13)2)26-20(22(17)3)21-19(23)9-10-25-16-7-5-15(24-4)6-8-16/h5-8,11-12H,9-10H2,1-4H3. The van der Waals surface area contributed by atoms with Gasteiger partial charge in [0.2, 0.25) is 5.91 Å². The number of methoxy groups -OCH3 is 1. The Hall–Kier alpha value is -2.05. The summed E-state index contributed by atoms with van der Waals surface area (Å²) < 4.78 is 8.31. The van der Waals surface area contributed by atoms with E-state index in [9.17, 15) is 4.79 Å². The maximum Gasteiger partial charge on any atom is 0.249 e. The molecule has 0 aliphatic carbocycles. The topological polar surface area (TPSA) is 43.6 Å². The minimum absolute atomic E-state index is 0.0818. The Morgan fingerprint density at radius 3 is 2.58 bits per heavy atom. The summed E-state index contributed by atoms with van der Waals surface area (Å²) in [4.78, 5) is 18.5. The van der Waals surface area contributed by atoms with Gasteiger partial charge in [0, 0.05) is 24.1 Å². The van der Waals surface area contributed by atoms with Gasteiger partial charge in [0.1, 0.15) is 5.75 Å². The van der Waals surface area contributed by atoms with Crippen molar-refractivity contribution in [3.05, 3.63) is 52.3 Å². The predicted molar refractivity (Wildman–Crippen MR) is 109 cm³/mol. The number of thioether (sulfide) groups is 1. The van der Waals surface area contributed by atoms with E-state index in [2.05, 4.69) is 31.0 Å². The smallest absolute Gasteiger partial charge is 0.249 e. The van der Waals surface area contributed by atoms with Gasteiger partial charge < -0.3 is 9.30 Å². The van der Waals surface area contributed by atoms with Gasteiger partial charge in [-0.15, -0.1) is 11.8 Å². The van der Waals surface area contributed by atoms with Crippen LogP contribution in [0, 0.1) is 13.8 Å². The van der Waals surface area contributed by atoms with Gasteiger partial charge in [-0.3, -0.25) is 4.79 Å². The monoisotopic (exact) mass is 386 g/mol. The average Bonchev–Trinajstić information content (AvgIpc) is 2.91. The molecule has 1 amide bonds. The molecule has 3 aromatic rings. The Labute approximate surface area is 161 Å². The lowest BCUT2D eigenvalue weighted by Gasteiger charge is -2.02. The van der Waals surface area contributed by atoms with Crippen molar-refractivity contribution in [1.82, 2.24) is 4.57 Å². The van der Waals surface area contributed by atoms with Gasteiger partial charge >= 0.3 is 0 Å². The van der Waals surface area contributed by atoms with Crippen LogP contribution < -0.4 is 9.54 Å². The minimum Gasteiger partial charge on any atom is -0.497 e. The van der Waals surface area contributed by atoms with E-state index < -0.39 is 0 Å². The third kappa shape index (κ3) is 4.19. The minimum atomic E-state index is -0.0818. The highest BCUT2D eigenvalue weighted by Crippen LogP contribution is 2.23. The van der Waals surface area contributed by atoms with Crippen molar-refractivity contribution in [1.29, 1.82) is 0 Å². The molecule has 0 unspecified atom stereocenters. The van der Waals surface area contributed by atoms with E-state index in [4.69, 9.17) is 4.74 Å². The van der Waals surface area contributed by atoms with Crippen molar-refractivity contribution < 1.29 is 9.53 Å². The molecule has 2 aromatic carbocycles. The first kappa shape index (κ1) is 18.7. The zero-order valence-corrected chi connectivity index (χ0v) is 17.0. The number of amides is 1. The summed E-state index contributed by atoms with van der Waals surface area (Å²) in [5.41, 5.74) is 3.63. The molecule has 1 heterocycles. The SMILES string of the molecule is COc1ccc(SCCC(=O)N=c2sc3cc(C)c(C)cc3n2C)cc1. The number of benzene rings is 2. The molecule has 26 heavy (non-hydrogen) atoms. The van der Waals surface area contributed by atoms with Crippen LogP contribution in [0.4, 0.5) is 0 Å². The molecule has 0 saturated heterocycles. The van der Waals surface area contributed by atoms with Crippen molar-refractivity contribution in [3.63, 3.8) is 0 Å². The van der Waals surface area contributed by atoms with E-state index in [0.717, 1.165) is 25.7 Å². The number of hydrogen-bond donors (Lipinski definition) is 0. The molecule has 0 saturated carbocycles. The van der Waals surface area contributed by atoms with Gasteiger partial charge in [-0.05, 0) is 61.4 Å². The highest BCUT2D eigenvalue weighted by Gasteiger charge is 2.07. The van der Waals surface area contributed by atoms with Crippen LogP contribution in [-0.4, -0.2) is 23.3 Å². The molecule has 0 radical (unpaired) electrons. The number of rotatable bonds is 5. The molecule has 4 nitrogen and oxygen atoms in total. The lowest BCUT2D eigenvalue weighted by atomic mass is 10.1. The molecule has 0 fully saturated rings. The summed E-state index contributed by atoms with van der Waals surface area (Å²) in [6.07, 6.45) is 0.420.